The Morgan fingerprint density at radius 2 is 1.62 bits per heavy atom. The van der Waals surface area contributed by atoms with Gasteiger partial charge in [-0.2, -0.15) is 0 Å². The highest BCUT2D eigenvalue weighted by molar-refractivity contribution is 4.61. The van der Waals surface area contributed by atoms with Crippen LogP contribution in [0.3, 0.4) is 0 Å². The Hall–Kier alpha value is -0.690. The van der Waals surface area contributed by atoms with E-state index >= 15 is 0 Å². The summed E-state index contributed by atoms with van der Waals surface area (Å²) < 4.78 is 0. The molecule has 80 valence electrons. The number of nitrogens with zero attached hydrogens (tertiary/aromatic N) is 3. The summed E-state index contributed by atoms with van der Waals surface area (Å²) in [6.45, 7) is 5.01. The third-order valence-electron chi connectivity index (χ3n) is 1.80. The second-order valence-corrected chi connectivity index (χ2v) is 2.86. The predicted octanol–water partition coefficient (Wildman–Crippen LogP) is 4.79. The van der Waals surface area contributed by atoms with E-state index in [4.69, 9.17) is 5.53 Å². The first-order valence-electron chi connectivity index (χ1n) is 4.36. The summed E-state index contributed by atoms with van der Waals surface area (Å²) in [5.41, 5.74) is 8.11. The minimum absolute atomic E-state index is 0. The van der Waals surface area contributed by atoms with Gasteiger partial charge in [0.15, 0.2) is 0 Å². The van der Waals surface area contributed by atoms with E-state index < -0.39 is 0 Å². The maximum absolute atomic E-state index is 8.11. The number of hydrogen-bond donors (Lipinski definition) is 0. The highest BCUT2D eigenvalue weighted by Gasteiger charge is 2.03. The number of azide groups is 1. The van der Waals surface area contributed by atoms with Crippen LogP contribution in [-0.2, 0) is 0 Å². The molecule has 0 heterocycles. The molecule has 0 spiro atoms. The van der Waals surface area contributed by atoms with Crippen molar-refractivity contribution in [1.29, 1.82) is 0 Å². The molecule has 0 aliphatic heterocycles. The Kier molecular flexibility index (Phi) is 19.4. The largest absolute Gasteiger partial charge is 0.0937 e. The smallest absolute Gasteiger partial charge is 0.0286 e. The molecule has 0 aromatic rings. The highest BCUT2D eigenvalue weighted by Crippen LogP contribution is 2.13. The molecule has 0 aromatic carbocycles. The molecule has 0 saturated heterocycles. The van der Waals surface area contributed by atoms with E-state index in [2.05, 4.69) is 23.9 Å². The molecule has 0 aliphatic rings. The highest BCUT2D eigenvalue weighted by atomic mass is 15.1. The van der Waals surface area contributed by atoms with Crippen molar-refractivity contribution in [3.63, 3.8) is 0 Å². The van der Waals surface area contributed by atoms with Crippen molar-refractivity contribution >= 4 is 0 Å². The molecule has 0 rings (SSSR count). The standard InChI is InChI=1S/C8H17N3.2CH4/c1-3-5-8(6-4-2)7-10-11-9;;/h8H,3-7H2,1-2H3;2*1H4. The van der Waals surface area contributed by atoms with Crippen molar-refractivity contribution in [3.05, 3.63) is 10.4 Å². The van der Waals surface area contributed by atoms with Gasteiger partial charge in [0.2, 0.25) is 0 Å². The summed E-state index contributed by atoms with van der Waals surface area (Å²) in [6, 6.07) is 0. The van der Waals surface area contributed by atoms with E-state index in [9.17, 15) is 0 Å². The topological polar surface area (TPSA) is 48.8 Å². The molecule has 0 radical (unpaired) electrons. The fourth-order valence-corrected chi connectivity index (χ4v) is 1.30. The molecular weight excluding hydrogens is 162 g/mol. The van der Waals surface area contributed by atoms with Crippen LogP contribution in [0, 0.1) is 5.92 Å². The Morgan fingerprint density at radius 1 is 1.15 bits per heavy atom. The second kappa shape index (κ2) is 13.9. The van der Waals surface area contributed by atoms with Gasteiger partial charge in [-0.05, 0) is 11.4 Å². The van der Waals surface area contributed by atoms with Crippen LogP contribution in [0.1, 0.15) is 54.4 Å². The van der Waals surface area contributed by atoms with Crippen molar-refractivity contribution < 1.29 is 0 Å². The van der Waals surface area contributed by atoms with Crippen LogP contribution in [0.5, 0.6) is 0 Å². The molecule has 0 aromatic heterocycles. The maximum Gasteiger partial charge on any atom is 0.0286 e. The molecule has 0 amide bonds. The van der Waals surface area contributed by atoms with Gasteiger partial charge in [-0.3, -0.25) is 0 Å². The van der Waals surface area contributed by atoms with Crippen molar-refractivity contribution in [1.82, 2.24) is 0 Å². The first-order chi connectivity index (χ1) is 5.35. The Morgan fingerprint density at radius 3 is 1.92 bits per heavy atom. The Labute approximate surface area is 83.2 Å². The minimum atomic E-state index is 0. The van der Waals surface area contributed by atoms with Crippen LogP contribution in [0.4, 0.5) is 0 Å². The summed E-state index contributed by atoms with van der Waals surface area (Å²) in [7, 11) is 0. The van der Waals surface area contributed by atoms with Gasteiger partial charge in [0.25, 0.3) is 0 Å². The molecular formula is C10H25N3. The van der Waals surface area contributed by atoms with Gasteiger partial charge >= 0.3 is 0 Å². The van der Waals surface area contributed by atoms with Crippen molar-refractivity contribution in [2.75, 3.05) is 6.54 Å². The summed E-state index contributed by atoms with van der Waals surface area (Å²) >= 11 is 0. The molecule has 3 nitrogen and oxygen atoms in total. The van der Waals surface area contributed by atoms with E-state index in [0.717, 1.165) is 0 Å². The van der Waals surface area contributed by atoms with Gasteiger partial charge in [0, 0.05) is 11.5 Å². The lowest BCUT2D eigenvalue weighted by Gasteiger charge is -2.10. The minimum Gasteiger partial charge on any atom is -0.0937 e. The van der Waals surface area contributed by atoms with Crippen LogP contribution in [-0.4, -0.2) is 6.54 Å². The van der Waals surface area contributed by atoms with Crippen LogP contribution in [0.15, 0.2) is 5.11 Å². The first kappa shape index (κ1) is 18.2. The lowest BCUT2D eigenvalue weighted by molar-refractivity contribution is 0.450. The van der Waals surface area contributed by atoms with E-state index in [1.165, 1.54) is 25.7 Å². The zero-order chi connectivity index (χ0) is 8.53. The molecule has 0 unspecified atom stereocenters. The quantitative estimate of drug-likeness (QED) is 0.326. The molecule has 3 heteroatoms. The van der Waals surface area contributed by atoms with Gasteiger partial charge in [0.05, 0.1) is 0 Å². The summed E-state index contributed by atoms with van der Waals surface area (Å²) in [6.07, 6.45) is 4.75. The Bertz CT molecular complexity index is 122. The lowest BCUT2D eigenvalue weighted by Crippen LogP contribution is -2.02. The summed E-state index contributed by atoms with van der Waals surface area (Å²) in [4.78, 5) is 2.76. The third kappa shape index (κ3) is 11.3. The molecule has 0 fully saturated rings. The molecule has 0 N–H and O–H groups in total. The molecule has 0 aliphatic carbocycles. The molecule has 13 heavy (non-hydrogen) atoms. The first-order valence-corrected chi connectivity index (χ1v) is 4.36. The lowest BCUT2D eigenvalue weighted by atomic mass is 9.99. The van der Waals surface area contributed by atoms with Gasteiger partial charge in [-0.1, -0.05) is 59.5 Å². The van der Waals surface area contributed by atoms with Crippen molar-refractivity contribution in [2.24, 2.45) is 11.0 Å². The third-order valence-corrected chi connectivity index (χ3v) is 1.80. The van der Waals surface area contributed by atoms with Gasteiger partial charge in [-0.25, -0.2) is 0 Å². The van der Waals surface area contributed by atoms with Gasteiger partial charge in [-0.15, -0.1) is 0 Å². The van der Waals surface area contributed by atoms with E-state index in [0.29, 0.717) is 12.5 Å². The average Bonchev–Trinajstić information content (AvgIpc) is 2.01. The van der Waals surface area contributed by atoms with Crippen LogP contribution in [0.25, 0.3) is 10.4 Å². The molecule has 0 saturated carbocycles. The Balaban J connectivity index is -0.000000500. The fourth-order valence-electron chi connectivity index (χ4n) is 1.30. The van der Waals surface area contributed by atoms with Gasteiger partial charge < -0.3 is 0 Å². The zero-order valence-corrected chi connectivity index (χ0v) is 7.45. The average molecular weight is 187 g/mol. The monoisotopic (exact) mass is 187 g/mol. The summed E-state index contributed by atoms with van der Waals surface area (Å²) in [5.74, 6) is 0.612. The van der Waals surface area contributed by atoms with E-state index in [1.54, 1.807) is 0 Å². The maximum atomic E-state index is 8.11. The number of hydrogen-bond acceptors (Lipinski definition) is 1. The molecule has 0 bridgehead atoms. The zero-order valence-electron chi connectivity index (χ0n) is 7.45. The second-order valence-electron chi connectivity index (χ2n) is 2.86. The van der Waals surface area contributed by atoms with Crippen LogP contribution < -0.4 is 0 Å². The van der Waals surface area contributed by atoms with Crippen molar-refractivity contribution in [3.8, 4) is 0 Å². The van der Waals surface area contributed by atoms with E-state index in [-0.39, 0.29) is 14.9 Å². The van der Waals surface area contributed by atoms with E-state index in [1.807, 2.05) is 0 Å². The number of rotatable bonds is 6. The normalized spacial score (nSPS) is 8.23. The summed E-state index contributed by atoms with van der Waals surface area (Å²) in [5, 5.41) is 3.59. The van der Waals surface area contributed by atoms with Crippen LogP contribution in [0.2, 0.25) is 0 Å². The SMILES string of the molecule is C.C.CCCC(CCC)CN=[N+]=[N-]. The fraction of sp³-hybridized carbons (Fsp3) is 1.00. The van der Waals surface area contributed by atoms with Gasteiger partial charge in [0.1, 0.15) is 0 Å². The predicted molar refractivity (Wildman–Crippen MR) is 60.8 cm³/mol. The van der Waals surface area contributed by atoms with Crippen molar-refractivity contribution in [2.45, 2.75) is 54.4 Å². The molecule has 0 atom stereocenters. The van der Waals surface area contributed by atoms with Crippen LogP contribution >= 0.6 is 0 Å².